The Labute approximate surface area is 96.7 Å². The van der Waals surface area contributed by atoms with Crippen molar-refractivity contribution < 1.29 is 20.1 Å². The number of nitrogens with zero attached hydrogens (tertiary/aromatic N) is 1. The second-order valence-corrected chi connectivity index (χ2v) is 4.04. The van der Waals surface area contributed by atoms with Crippen LogP contribution in [0.5, 0.6) is 0 Å². The number of aromatic amines is 1. The lowest BCUT2D eigenvalue weighted by molar-refractivity contribution is -0.0242. The predicted molar refractivity (Wildman–Crippen MR) is 56.3 cm³/mol. The van der Waals surface area contributed by atoms with Gasteiger partial charge in [-0.25, -0.2) is 9.78 Å². The van der Waals surface area contributed by atoms with Gasteiger partial charge in [-0.15, -0.1) is 0 Å². The molecular weight excluding hydrogens is 228 g/mol. The van der Waals surface area contributed by atoms with E-state index in [-0.39, 0.29) is 0 Å². The third-order valence-corrected chi connectivity index (χ3v) is 2.87. The second-order valence-electron chi connectivity index (χ2n) is 4.04. The van der Waals surface area contributed by atoms with Gasteiger partial charge in [0, 0.05) is 6.20 Å². The molecule has 7 nitrogen and oxygen atoms in total. The first-order valence-corrected chi connectivity index (χ1v) is 5.23. The molecular formula is C10H14N2O5. The van der Waals surface area contributed by atoms with E-state index < -0.39 is 36.7 Å². The van der Waals surface area contributed by atoms with Gasteiger partial charge in [-0.2, -0.15) is 0 Å². The molecule has 1 fully saturated rings. The van der Waals surface area contributed by atoms with Crippen LogP contribution in [0, 0.1) is 6.92 Å². The van der Waals surface area contributed by atoms with Crippen molar-refractivity contribution in [3.63, 3.8) is 0 Å². The molecule has 4 N–H and O–H groups in total. The highest BCUT2D eigenvalue weighted by atomic mass is 16.6. The minimum absolute atomic E-state index is 0.368. The Bertz CT molecular complexity index is 460. The Morgan fingerprint density at radius 2 is 2.18 bits per heavy atom. The van der Waals surface area contributed by atoms with Gasteiger partial charge in [0.2, 0.25) is 0 Å². The minimum Gasteiger partial charge on any atom is -0.394 e. The monoisotopic (exact) mass is 242 g/mol. The molecule has 1 aromatic heterocycles. The largest absolute Gasteiger partial charge is 0.394 e. The Hall–Kier alpha value is -1.28. The normalized spacial score (nSPS) is 32.9. The molecule has 4 atom stereocenters. The summed E-state index contributed by atoms with van der Waals surface area (Å²) in [6, 6.07) is 0. The first kappa shape index (κ1) is 12.2. The number of rotatable bonds is 2. The van der Waals surface area contributed by atoms with Gasteiger partial charge in [-0.3, -0.25) is 0 Å². The van der Waals surface area contributed by atoms with Crippen LogP contribution in [0.15, 0.2) is 11.0 Å². The van der Waals surface area contributed by atoms with Gasteiger partial charge in [0.25, 0.3) is 0 Å². The molecule has 0 aromatic carbocycles. The predicted octanol–water partition coefficient (Wildman–Crippen LogP) is -1.77. The molecule has 0 saturated carbocycles. The van der Waals surface area contributed by atoms with E-state index in [1.165, 1.54) is 6.20 Å². The van der Waals surface area contributed by atoms with Crippen molar-refractivity contribution in [2.45, 2.75) is 31.3 Å². The van der Waals surface area contributed by atoms with E-state index in [4.69, 9.17) is 9.84 Å². The van der Waals surface area contributed by atoms with Crippen LogP contribution in [0.3, 0.4) is 0 Å². The number of aryl methyl sites for hydroxylation is 1. The van der Waals surface area contributed by atoms with E-state index in [9.17, 15) is 15.0 Å². The lowest BCUT2D eigenvalue weighted by Gasteiger charge is -2.16. The van der Waals surface area contributed by atoms with Crippen molar-refractivity contribution >= 4 is 0 Å². The summed E-state index contributed by atoms with van der Waals surface area (Å²) in [4.78, 5) is 17.1. The van der Waals surface area contributed by atoms with Crippen LogP contribution >= 0.6 is 0 Å². The molecule has 2 rings (SSSR count). The fraction of sp³-hybridized carbons (Fsp3) is 0.600. The van der Waals surface area contributed by atoms with Gasteiger partial charge in [0.05, 0.1) is 12.3 Å². The maximum Gasteiger partial charge on any atom is 0.345 e. The Balaban J connectivity index is 2.35. The van der Waals surface area contributed by atoms with Crippen molar-refractivity contribution in [1.82, 2.24) is 9.97 Å². The summed E-state index contributed by atoms with van der Waals surface area (Å²) in [5.74, 6) is 0. The molecule has 2 heterocycles. The van der Waals surface area contributed by atoms with Crippen molar-refractivity contribution in [3.8, 4) is 0 Å². The van der Waals surface area contributed by atoms with Gasteiger partial charge in [0.1, 0.15) is 24.4 Å². The zero-order chi connectivity index (χ0) is 12.6. The maximum atomic E-state index is 11.1. The van der Waals surface area contributed by atoms with Gasteiger partial charge in [0.15, 0.2) is 0 Å². The highest BCUT2D eigenvalue weighted by Crippen LogP contribution is 2.33. The number of ether oxygens (including phenoxy) is 1. The zero-order valence-corrected chi connectivity index (χ0v) is 9.20. The molecule has 0 bridgehead atoms. The summed E-state index contributed by atoms with van der Waals surface area (Å²) in [5.41, 5.74) is 0.454. The van der Waals surface area contributed by atoms with Crippen LogP contribution < -0.4 is 5.69 Å². The number of nitrogens with one attached hydrogen (secondary N) is 1. The van der Waals surface area contributed by atoms with Gasteiger partial charge < -0.3 is 25.0 Å². The molecule has 0 amide bonds. The number of hydrogen-bond acceptors (Lipinski definition) is 6. The van der Waals surface area contributed by atoms with Crippen molar-refractivity contribution in [2.24, 2.45) is 0 Å². The first-order chi connectivity index (χ1) is 8.04. The van der Waals surface area contributed by atoms with Gasteiger partial charge in [-0.05, 0) is 12.5 Å². The minimum atomic E-state index is -1.19. The molecule has 1 unspecified atom stereocenters. The molecule has 1 saturated heterocycles. The number of aliphatic hydroxyl groups is 3. The smallest absolute Gasteiger partial charge is 0.345 e. The van der Waals surface area contributed by atoms with Crippen LogP contribution in [0.4, 0.5) is 0 Å². The van der Waals surface area contributed by atoms with Crippen molar-refractivity contribution in [3.05, 3.63) is 27.9 Å². The second kappa shape index (κ2) is 4.53. The van der Waals surface area contributed by atoms with E-state index in [0.717, 1.165) is 0 Å². The number of hydrogen-bond donors (Lipinski definition) is 4. The lowest BCUT2D eigenvalue weighted by atomic mass is 10.0. The summed E-state index contributed by atoms with van der Waals surface area (Å²) in [7, 11) is 0. The Kier molecular flexibility index (Phi) is 3.25. The first-order valence-electron chi connectivity index (χ1n) is 5.23. The van der Waals surface area contributed by atoms with E-state index >= 15 is 0 Å². The summed E-state index contributed by atoms with van der Waals surface area (Å²) < 4.78 is 5.31. The fourth-order valence-corrected chi connectivity index (χ4v) is 1.90. The summed E-state index contributed by atoms with van der Waals surface area (Å²) >= 11 is 0. The molecule has 1 aliphatic rings. The number of aliphatic hydroxyl groups excluding tert-OH is 3. The van der Waals surface area contributed by atoms with E-state index in [0.29, 0.717) is 11.3 Å². The van der Waals surface area contributed by atoms with E-state index in [1.54, 1.807) is 6.92 Å². The topological polar surface area (TPSA) is 116 Å². The average molecular weight is 242 g/mol. The Morgan fingerprint density at radius 3 is 2.76 bits per heavy atom. The fourth-order valence-electron chi connectivity index (χ4n) is 1.90. The van der Waals surface area contributed by atoms with Crippen LogP contribution in [0.1, 0.15) is 17.4 Å². The SMILES string of the molecule is Cc1cnc(=O)[nH]c1C1O[C@H](CO)[C@@H](O)[C@H]1O. The van der Waals surface area contributed by atoms with Crippen LogP contribution in [-0.2, 0) is 4.74 Å². The summed E-state index contributed by atoms with van der Waals surface area (Å²) in [6.07, 6.45) is -2.73. The highest BCUT2D eigenvalue weighted by molar-refractivity contribution is 5.19. The molecule has 0 aliphatic carbocycles. The number of aromatic nitrogens is 2. The van der Waals surface area contributed by atoms with Gasteiger partial charge in [-0.1, -0.05) is 0 Å². The zero-order valence-electron chi connectivity index (χ0n) is 9.20. The highest BCUT2D eigenvalue weighted by Gasteiger charge is 2.43. The molecule has 7 heteroatoms. The summed E-state index contributed by atoms with van der Waals surface area (Å²) in [5, 5.41) is 28.4. The van der Waals surface area contributed by atoms with Crippen LogP contribution in [0.25, 0.3) is 0 Å². The van der Waals surface area contributed by atoms with Gasteiger partial charge >= 0.3 is 5.69 Å². The van der Waals surface area contributed by atoms with Crippen molar-refractivity contribution in [1.29, 1.82) is 0 Å². The molecule has 0 radical (unpaired) electrons. The summed E-state index contributed by atoms with van der Waals surface area (Å²) in [6.45, 7) is 1.30. The van der Waals surface area contributed by atoms with E-state index in [1.807, 2.05) is 0 Å². The quantitative estimate of drug-likeness (QED) is 0.488. The molecule has 17 heavy (non-hydrogen) atoms. The van der Waals surface area contributed by atoms with Crippen LogP contribution in [-0.4, -0.2) is 50.2 Å². The standard InChI is InChI=1S/C10H14N2O5/c1-4-2-11-10(16)12-6(4)9-8(15)7(14)5(3-13)17-9/h2,5,7-9,13-15H,3H2,1H3,(H,11,12,16)/t5-,7-,8-,9?/m1/s1. The number of H-pyrrole nitrogens is 1. The molecule has 1 aromatic rings. The Morgan fingerprint density at radius 1 is 1.47 bits per heavy atom. The third-order valence-electron chi connectivity index (χ3n) is 2.87. The third kappa shape index (κ3) is 2.09. The molecule has 94 valence electrons. The molecule has 0 spiro atoms. The average Bonchev–Trinajstić information content (AvgIpc) is 2.59. The van der Waals surface area contributed by atoms with Crippen LogP contribution in [0.2, 0.25) is 0 Å². The maximum absolute atomic E-state index is 11.1. The van der Waals surface area contributed by atoms with Crippen molar-refractivity contribution in [2.75, 3.05) is 6.61 Å². The molecule has 1 aliphatic heterocycles. The van der Waals surface area contributed by atoms with E-state index in [2.05, 4.69) is 9.97 Å². The lowest BCUT2D eigenvalue weighted by Crippen LogP contribution is -2.32.